The van der Waals surface area contributed by atoms with Crippen molar-refractivity contribution in [2.24, 2.45) is 0 Å². The molecule has 2 heterocycles. The lowest BCUT2D eigenvalue weighted by molar-refractivity contribution is -0.0512. The van der Waals surface area contributed by atoms with Gasteiger partial charge in [-0.25, -0.2) is 0 Å². The number of rotatable bonds is 9. The average molecular weight is 462 g/mol. The van der Waals surface area contributed by atoms with Crippen LogP contribution in [0.3, 0.4) is 0 Å². The molecule has 0 aliphatic rings. The Bertz CT molecular complexity index is 1200. The first-order valence-electron chi connectivity index (χ1n) is 9.09. The van der Waals surface area contributed by atoms with Gasteiger partial charge in [-0.1, -0.05) is 29.1 Å². The van der Waals surface area contributed by atoms with Gasteiger partial charge in [-0.2, -0.15) is 18.4 Å². The third kappa shape index (κ3) is 4.61. The van der Waals surface area contributed by atoms with Crippen molar-refractivity contribution in [2.45, 2.75) is 17.5 Å². The summed E-state index contributed by atoms with van der Waals surface area (Å²) in [5.74, 6) is 1.55. The van der Waals surface area contributed by atoms with Crippen molar-refractivity contribution in [3.63, 3.8) is 0 Å². The van der Waals surface area contributed by atoms with E-state index in [0.717, 1.165) is 0 Å². The van der Waals surface area contributed by atoms with Crippen molar-refractivity contribution in [3.8, 4) is 34.3 Å². The maximum absolute atomic E-state index is 12.5. The van der Waals surface area contributed by atoms with E-state index in [0.29, 0.717) is 33.8 Å². The van der Waals surface area contributed by atoms with Gasteiger partial charge in [0.15, 0.2) is 11.5 Å². The number of hydrogen-bond acceptors (Lipinski definition) is 10. The number of ether oxygens (including phenoxy) is 3. The van der Waals surface area contributed by atoms with E-state index in [4.69, 9.17) is 14.0 Å². The molecule has 0 saturated carbocycles. The highest BCUT2D eigenvalue weighted by Gasteiger charge is 2.17. The molecule has 0 atom stereocenters. The van der Waals surface area contributed by atoms with Gasteiger partial charge in [0.05, 0.1) is 20.0 Å². The van der Waals surface area contributed by atoms with E-state index in [-0.39, 0.29) is 17.3 Å². The molecule has 166 valence electrons. The lowest BCUT2D eigenvalue weighted by Crippen LogP contribution is -2.03. The molecule has 32 heavy (non-hydrogen) atoms. The van der Waals surface area contributed by atoms with Gasteiger partial charge in [0.2, 0.25) is 16.9 Å². The van der Waals surface area contributed by atoms with Gasteiger partial charge < -0.3 is 18.7 Å². The number of aromatic nitrogens is 6. The Hall–Kier alpha value is -3.74. The van der Waals surface area contributed by atoms with E-state index >= 15 is 0 Å². The van der Waals surface area contributed by atoms with E-state index in [1.54, 1.807) is 11.8 Å². The first-order chi connectivity index (χ1) is 15.6. The predicted molar refractivity (Wildman–Crippen MR) is 108 cm³/mol. The number of benzene rings is 2. The van der Waals surface area contributed by atoms with Crippen LogP contribution in [0, 0.1) is 0 Å². The van der Waals surface area contributed by atoms with Crippen LogP contribution in [0.2, 0.25) is 0 Å². The minimum atomic E-state index is -2.96. The third-order valence-electron chi connectivity index (χ3n) is 4.18. The molecule has 2 aromatic carbocycles. The largest absolute Gasteiger partial charge is 0.494 e. The Kier molecular flexibility index (Phi) is 6.44. The van der Waals surface area contributed by atoms with Crippen LogP contribution in [-0.4, -0.2) is 51.2 Å². The van der Waals surface area contributed by atoms with Gasteiger partial charge in [-0.05, 0) is 40.8 Å². The second-order valence-corrected chi connectivity index (χ2v) is 7.03. The summed E-state index contributed by atoms with van der Waals surface area (Å²) in [6.07, 6.45) is 0. The zero-order valence-corrected chi connectivity index (χ0v) is 17.6. The molecule has 0 aliphatic carbocycles. The van der Waals surface area contributed by atoms with E-state index in [9.17, 15) is 8.78 Å². The summed E-state index contributed by atoms with van der Waals surface area (Å²) in [6, 6.07) is 11.7. The molecule has 10 nitrogen and oxygen atoms in total. The first kappa shape index (κ1) is 21.5. The minimum Gasteiger partial charge on any atom is -0.494 e. The zero-order chi connectivity index (χ0) is 22.5. The van der Waals surface area contributed by atoms with Crippen LogP contribution in [0.1, 0.15) is 5.89 Å². The molecule has 13 heteroatoms. The van der Waals surface area contributed by atoms with Gasteiger partial charge in [-0.3, -0.25) is 0 Å². The van der Waals surface area contributed by atoms with Crippen molar-refractivity contribution in [1.82, 2.24) is 30.3 Å². The molecule has 0 spiro atoms. The maximum Gasteiger partial charge on any atom is 0.387 e. The summed E-state index contributed by atoms with van der Waals surface area (Å²) in [5, 5.41) is 16.2. The highest BCUT2D eigenvalue weighted by atomic mass is 32.2. The Labute approximate surface area is 184 Å². The van der Waals surface area contributed by atoms with Crippen molar-refractivity contribution in [1.29, 1.82) is 0 Å². The molecule has 0 saturated heterocycles. The average Bonchev–Trinajstić information content (AvgIpc) is 3.47. The SMILES string of the molecule is COc1cc(-c2noc(CSc3nnnn3-c3ccccc3OC)n2)ccc1OC(F)F. The molecule has 0 unspecified atom stereocenters. The summed E-state index contributed by atoms with van der Waals surface area (Å²) in [7, 11) is 2.92. The molecule has 0 amide bonds. The van der Waals surface area contributed by atoms with E-state index in [2.05, 4.69) is 30.4 Å². The number of hydrogen-bond donors (Lipinski definition) is 0. The van der Waals surface area contributed by atoms with Gasteiger partial charge in [0.25, 0.3) is 0 Å². The van der Waals surface area contributed by atoms with Crippen LogP contribution in [0.5, 0.6) is 17.2 Å². The summed E-state index contributed by atoms with van der Waals surface area (Å²) in [4.78, 5) is 4.34. The lowest BCUT2D eigenvalue weighted by atomic mass is 10.2. The van der Waals surface area contributed by atoms with Crippen LogP contribution in [0.15, 0.2) is 52.1 Å². The van der Waals surface area contributed by atoms with Crippen LogP contribution in [-0.2, 0) is 5.75 Å². The van der Waals surface area contributed by atoms with Crippen molar-refractivity contribution >= 4 is 11.8 Å². The van der Waals surface area contributed by atoms with Gasteiger partial charge in [0, 0.05) is 5.56 Å². The number of alkyl halides is 2. The van der Waals surface area contributed by atoms with Gasteiger partial charge in [0.1, 0.15) is 11.4 Å². The second-order valence-electron chi connectivity index (χ2n) is 6.09. The number of nitrogens with zero attached hydrogens (tertiary/aromatic N) is 6. The summed E-state index contributed by atoms with van der Waals surface area (Å²) < 4.78 is 46.7. The number of para-hydroxylation sites is 2. The Balaban J connectivity index is 1.49. The number of methoxy groups -OCH3 is 2. The molecule has 0 bridgehead atoms. The molecule has 4 aromatic rings. The zero-order valence-electron chi connectivity index (χ0n) is 16.8. The summed E-state index contributed by atoms with van der Waals surface area (Å²) in [5.41, 5.74) is 1.20. The Morgan fingerprint density at radius 3 is 2.66 bits per heavy atom. The van der Waals surface area contributed by atoms with Crippen LogP contribution >= 0.6 is 11.8 Å². The highest BCUT2D eigenvalue weighted by Crippen LogP contribution is 2.33. The molecular formula is C19H16F2N6O4S. The predicted octanol–water partition coefficient (Wildman–Crippen LogP) is 3.62. The molecule has 0 aliphatic heterocycles. The Morgan fingerprint density at radius 1 is 1.06 bits per heavy atom. The molecule has 0 N–H and O–H groups in total. The van der Waals surface area contributed by atoms with E-state index in [1.807, 2.05) is 24.3 Å². The Morgan fingerprint density at radius 2 is 1.88 bits per heavy atom. The fraction of sp³-hybridized carbons (Fsp3) is 0.211. The smallest absolute Gasteiger partial charge is 0.387 e. The van der Waals surface area contributed by atoms with Crippen LogP contribution < -0.4 is 14.2 Å². The van der Waals surface area contributed by atoms with E-state index < -0.39 is 6.61 Å². The highest BCUT2D eigenvalue weighted by molar-refractivity contribution is 7.98. The topological polar surface area (TPSA) is 110 Å². The van der Waals surface area contributed by atoms with Gasteiger partial charge in [-0.15, -0.1) is 5.10 Å². The fourth-order valence-corrected chi connectivity index (χ4v) is 3.50. The van der Waals surface area contributed by atoms with Crippen LogP contribution in [0.4, 0.5) is 8.78 Å². The van der Waals surface area contributed by atoms with Crippen molar-refractivity contribution < 1.29 is 27.5 Å². The quantitative estimate of drug-likeness (QED) is 0.342. The molecule has 4 rings (SSSR count). The summed E-state index contributed by atoms with van der Waals surface area (Å²) in [6.45, 7) is -2.96. The number of halogens is 2. The van der Waals surface area contributed by atoms with Crippen molar-refractivity contribution in [3.05, 3.63) is 48.4 Å². The normalized spacial score (nSPS) is 11.0. The second kappa shape index (κ2) is 9.60. The first-order valence-corrected chi connectivity index (χ1v) is 10.1. The standard InChI is InChI=1S/C19H16F2N6O4S/c1-28-13-6-4-3-5-12(13)27-19(23-25-26-27)32-10-16-22-17(24-31-16)11-7-8-14(30-18(20)21)15(9-11)29-2/h3-9,18H,10H2,1-2H3. The van der Waals surface area contributed by atoms with Crippen molar-refractivity contribution in [2.75, 3.05) is 14.2 Å². The maximum atomic E-state index is 12.5. The molecular weight excluding hydrogens is 446 g/mol. The molecule has 0 radical (unpaired) electrons. The summed E-state index contributed by atoms with van der Waals surface area (Å²) >= 11 is 1.29. The number of tetrazole rings is 1. The fourth-order valence-electron chi connectivity index (χ4n) is 2.78. The minimum absolute atomic E-state index is 0.0892. The third-order valence-corrected chi connectivity index (χ3v) is 5.09. The number of thioether (sulfide) groups is 1. The van der Waals surface area contributed by atoms with Gasteiger partial charge >= 0.3 is 6.61 Å². The molecule has 2 aromatic heterocycles. The van der Waals surface area contributed by atoms with E-state index in [1.165, 1.54) is 37.1 Å². The lowest BCUT2D eigenvalue weighted by Gasteiger charge is -2.10. The molecule has 0 fully saturated rings. The monoisotopic (exact) mass is 462 g/mol. The van der Waals surface area contributed by atoms with Crippen LogP contribution in [0.25, 0.3) is 17.1 Å².